The summed E-state index contributed by atoms with van der Waals surface area (Å²) in [5.74, 6) is -1.54. The molecule has 0 aromatic heterocycles. The normalized spacial score (nSPS) is 21.6. The van der Waals surface area contributed by atoms with Crippen LogP contribution in [0.4, 0.5) is 0 Å². The van der Waals surface area contributed by atoms with Gasteiger partial charge in [0.25, 0.3) is 0 Å². The minimum atomic E-state index is -0.943. The molecule has 3 N–H and O–H groups in total. The van der Waals surface area contributed by atoms with Gasteiger partial charge in [-0.1, -0.05) is 96.1 Å². The second kappa shape index (κ2) is 19.2. The van der Waals surface area contributed by atoms with Crippen molar-refractivity contribution in [3.05, 3.63) is 12.2 Å². The second-order valence-electron chi connectivity index (χ2n) is 10.1. The molecule has 0 aromatic carbocycles. The predicted molar refractivity (Wildman–Crippen MR) is 142 cm³/mol. The van der Waals surface area contributed by atoms with Gasteiger partial charge in [0.05, 0.1) is 23.2 Å². The van der Waals surface area contributed by atoms with E-state index >= 15 is 0 Å². The maximum Gasteiger partial charge on any atom is 0.306 e. The van der Waals surface area contributed by atoms with Crippen molar-refractivity contribution >= 4 is 23.7 Å². The number of hydrogen-bond acceptors (Lipinski definition) is 4. The zero-order valence-electron chi connectivity index (χ0n) is 21.5. The monoisotopic (exact) mass is 498 g/mol. The number of unbranched alkanes of at least 4 members (excludes halogenated alkanes) is 13. The Kier molecular flexibility index (Phi) is 17.5. The molecule has 198 valence electrons. The first-order chi connectivity index (χ1) is 16.4. The molecule has 34 heavy (non-hydrogen) atoms. The van der Waals surface area contributed by atoms with Crippen LogP contribution in [0, 0.1) is 5.92 Å². The van der Waals surface area contributed by atoms with Crippen LogP contribution < -0.4 is 0 Å². The minimum absolute atomic E-state index is 0.0711. The number of thioether (sulfide) groups is 1. The van der Waals surface area contributed by atoms with Gasteiger partial charge in [0.2, 0.25) is 0 Å². The van der Waals surface area contributed by atoms with Crippen LogP contribution in [0.25, 0.3) is 0 Å². The molecule has 1 atom stereocenters. The van der Waals surface area contributed by atoms with Gasteiger partial charge in [0, 0.05) is 5.75 Å². The second-order valence-corrected chi connectivity index (χ2v) is 11.4. The molecule has 0 aromatic rings. The van der Waals surface area contributed by atoms with Crippen molar-refractivity contribution in [3.63, 3.8) is 0 Å². The van der Waals surface area contributed by atoms with E-state index < -0.39 is 17.5 Å². The Morgan fingerprint density at radius 2 is 1.38 bits per heavy atom. The van der Waals surface area contributed by atoms with Crippen molar-refractivity contribution < 1.29 is 24.9 Å². The highest BCUT2D eigenvalue weighted by Crippen LogP contribution is 2.40. The highest BCUT2D eigenvalue weighted by Gasteiger charge is 2.40. The van der Waals surface area contributed by atoms with E-state index in [2.05, 4.69) is 13.0 Å². The Hall–Kier alpha value is -1.01. The van der Waals surface area contributed by atoms with Crippen LogP contribution in [0.2, 0.25) is 0 Å². The molecule has 0 spiro atoms. The topological polar surface area (TPSA) is 94.8 Å². The smallest absolute Gasteiger partial charge is 0.306 e. The molecule has 1 unspecified atom stereocenters. The van der Waals surface area contributed by atoms with E-state index in [1.807, 2.05) is 6.08 Å². The summed E-state index contributed by atoms with van der Waals surface area (Å²) in [5.41, 5.74) is -0.943. The molecule has 0 aliphatic heterocycles. The Bertz CT molecular complexity index is 569. The van der Waals surface area contributed by atoms with E-state index in [1.165, 1.54) is 88.8 Å². The van der Waals surface area contributed by atoms with Crippen LogP contribution in [-0.2, 0) is 9.59 Å². The lowest BCUT2D eigenvalue weighted by Crippen LogP contribution is -2.44. The highest BCUT2D eigenvalue weighted by molar-refractivity contribution is 8.00. The SMILES string of the molecule is CCCCCCCCCCCCCCCC=CC(SCCC(=O)O)C1(O)CCC(C(=O)O)CC1. The van der Waals surface area contributed by atoms with Crippen LogP contribution in [0.1, 0.15) is 129 Å². The van der Waals surface area contributed by atoms with Crippen LogP contribution in [-0.4, -0.2) is 43.9 Å². The van der Waals surface area contributed by atoms with Gasteiger partial charge >= 0.3 is 11.9 Å². The predicted octanol–water partition coefficient (Wildman–Crippen LogP) is 7.61. The summed E-state index contributed by atoms with van der Waals surface area (Å²) >= 11 is 1.49. The number of aliphatic hydroxyl groups is 1. The zero-order chi connectivity index (χ0) is 25.1. The number of carboxylic acids is 2. The number of allylic oxidation sites excluding steroid dienone is 1. The van der Waals surface area contributed by atoms with Crippen molar-refractivity contribution in [2.45, 2.75) is 140 Å². The lowest BCUT2D eigenvalue weighted by Gasteiger charge is -2.39. The maximum atomic E-state index is 11.2. The molecule has 0 heterocycles. The van der Waals surface area contributed by atoms with E-state index in [-0.39, 0.29) is 17.6 Å². The fourth-order valence-electron chi connectivity index (χ4n) is 4.81. The van der Waals surface area contributed by atoms with Crippen molar-refractivity contribution in [3.8, 4) is 0 Å². The van der Waals surface area contributed by atoms with Gasteiger partial charge in [-0.15, -0.1) is 0 Å². The van der Waals surface area contributed by atoms with Crippen LogP contribution >= 0.6 is 11.8 Å². The molecule has 0 bridgehead atoms. The lowest BCUT2D eigenvalue weighted by molar-refractivity contribution is -0.144. The van der Waals surface area contributed by atoms with Gasteiger partial charge in [-0.2, -0.15) is 11.8 Å². The Morgan fingerprint density at radius 3 is 1.85 bits per heavy atom. The molecule has 1 aliphatic rings. The molecule has 5 nitrogen and oxygen atoms in total. The first-order valence-electron chi connectivity index (χ1n) is 13.8. The highest BCUT2D eigenvalue weighted by atomic mass is 32.2. The number of carbonyl (C=O) groups is 2. The third-order valence-corrected chi connectivity index (χ3v) is 8.52. The van der Waals surface area contributed by atoms with E-state index in [1.54, 1.807) is 0 Å². The van der Waals surface area contributed by atoms with E-state index in [9.17, 15) is 19.8 Å². The summed E-state index contributed by atoms with van der Waals surface area (Å²) in [7, 11) is 0. The molecular formula is C28H50O5S. The third-order valence-electron chi connectivity index (χ3n) is 7.13. The van der Waals surface area contributed by atoms with Crippen molar-refractivity contribution in [2.75, 3.05) is 5.75 Å². The van der Waals surface area contributed by atoms with E-state index in [0.29, 0.717) is 31.4 Å². The average Bonchev–Trinajstić information content (AvgIpc) is 2.80. The third kappa shape index (κ3) is 14.4. The van der Waals surface area contributed by atoms with Gasteiger partial charge in [-0.05, 0) is 38.5 Å². The number of aliphatic carboxylic acids is 2. The molecule has 1 aliphatic carbocycles. The number of hydrogen-bond donors (Lipinski definition) is 3. The molecule has 1 saturated carbocycles. The Labute approximate surface area is 212 Å². The van der Waals surface area contributed by atoms with Gasteiger partial charge < -0.3 is 15.3 Å². The first kappa shape index (κ1) is 31.0. The number of rotatable bonds is 21. The zero-order valence-corrected chi connectivity index (χ0v) is 22.3. The number of carboxylic acid groups (broad SMARTS) is 2. The van der Waals surface area contributed by atoms with Gasteiger partial charge in [-0.25, -0.2) is 0 Å². The fraction of sp³-hybridized carbons (Fsp3) is 0.857. The summed E-state index contributed by atoms with van der Waals surface area (Å²) in [4.78, 5) is 22.1. The van der Waals surface area contributed by atoms with Crippen molar-refractivity contribution in [1.82, 2.24) is 0 Å². The molecule has 1 rings (SSSR count). The van der Waals surface area contributed by atoms with Crippen LogP contribution in [0.3, 0.4) is 0 Å². The van der Waals surface area contributed by atoms with Gasteiger partial charge in [-0.3, -0.25) is 9.59 Å². The van der Waals surface area contributed by atoms with E-state index in [0.717, 1.165) is 12.8 Å². The average molecular weight is 499 g/mol. The van der Waals surface area contributed by atoms with Crippen molar-refractivity contribution in [2.24, 2.45) is 5.92 Å². The molecular weight excluding hydrogens is 448 g/mol. The summed E-state index contributed by atoms with van der Waals surface area (Å²) in [6.07, 6.45) is 24.5. The summed E-state index contributed by atoms with van der Waals surface area (Å²) in [6, 6.07) is 0. The molecule has 0 amide bonds. The van der Waals surface area contributed by atoms with Crippen molar-refractivity contribution in [1.29, 1.82) is 0 Å². The standard InChI is InChI=1S/C28H50O5S/c1-2-3-4-5-6-7-8-9-10-11-12-13-14-15-16-17-25(34-23-20-26(29)30)28(33)21-18-24(19-22-28)27(31)32/h16-17,24-25,33H,2-15,18-23H2,1H3,(H,29,30)(H,31,32). The first-order valence-corrected chi connectivity index (χ1v) is 14.9. The maximum absolute atomic E-state index is 11.2. The van der Waals surface area contributed by atoms with Gasteiger partial charge in [0.15, 0.2) is 0 Å². The summed E-state index contributed by atoms with van der Waals surface area (Å²) in [6.45, 7) is 2.26. The van der Waals surface area contributed by atoms with Crippen LogP contribution in [0.5, 0.6) is 0 Å². The van der Waals surface area contributed by atoms with Crippen LogP contribution in [0.15, 0.2) is 12.2 Å². The molecule has 6 heteroatoms. The molecule has 0 radical (unpaired) electrons. The fourth-order valence-corrected chi connectivity index (χ4v) is 6.13. The Morgan fingerprint density at radius 1 is 0.882 bits per heavy atom. The minimum Gasteiger partial charge on any atom is -0.481 e. The van der Waals surface area contributed by atoms with Gasteiger partial charge in [0.1, 0.15) is 0 Å². The molecule has 0 saturated heterocycles. The molecule has 1 fully saturated rings. The van der Waals surface area contributed by atoms with E-state index in [4.69, 9.17) is 5.11 Å². The summed E-state index contributed by atoms with van der Waals surface area (Å²) < 4.78 is 0. The summed E-state index contributed by atoms with van der Waals surface area (Å²) in [5, 5.41) is 29.2. The quantitative estimate of drug-likeness (QED) is 0.111. The Balaban J connectivity index is 2.22. The largest absolute Gasteiger partial charge is 0.481 e. The lowest BCUT2D eigenvalue weighted by atomic mass is 9.77.